The minimum Gasteiger partial charge on any atom is -0.491 e. The molecule has 2 aromatic rings. The van der Waals surface area contributed by atoms with Gasteiger partial charge < -0.3 is 30.3 Å². The standard InChI is InChI=1S/2C15H21NO2.2ClH/c2*1-11(2)16-9-13(17)10-18-15-8-4-6-12-5-3-7-14(12)15;;/h3-4,6-8,11,13,16-17H,5,9-10H2,1-2H3;3-6,8,11,13,16-17H,7,9-10H2,1-2H3;2*1H. The molecule has 8 heteroatoms. The first-order chi connectivity index (χ1) is 17.3. The molecule has 212 valence electrons. The van der Waals surface area contributed by atoms with E-state index in [0.717, 1.165) is 29.9 Å². The SMILES string of the molecule is CC(C)NCC(O)COc1cccc2c1C=CC2.CC(C)NCC(O)COc1cccc2c1CC=C2.Cl.Cl. The van der Waals surface area contributed by atoms with Gasteiger partial charge in [-0.25, -0.2) is 0 Å². The van der Waals surface area contributed by atoms with E-state index in [1.807, 2.05) is 24.3 Å². The van der Waals surface area contributed by atoms with E-state index in [1.165, 1.54) is 16.7 Å². The van der Waals surface area contributed by atoms with E-state index in [1.54, 1.807) is 0 Å². The van der Waals surface area contributed by atoms with Crippen molar-refractivity contribution in [2.24, 2.45) is 0 Å². The van der Waals surface area contributed by atoms with Crippen LogP contribution in [0.25, 0.3) is 12.2 Å². The maximum absolute atomic E-state index is 9.80. The summed E-state index contributed by atoms with van der Waals surface area (Å²) in [6.07, 6.45) is 9.41. The number of benzene rings is 2. The van der Waals surface area contributed by atoms with Crippen LogP contribution < -0.4 is 20.1 Å². The molecule has 0 saturated carbocycles. The minimum absolute atomic E-state index is 0. The normalized spacial score (nSPS) is 14.1. The molecular formula is C30H44Cl2N2O4. The second-order valence-electron chi connectivity index (χ2n) is 9.92. The third kappa shape index (κ3) is 11.0. The van der Waals surface area contributed by atoms with Gasteiger partial charge in [0.05, 0.1) is 0 Å². The third-order valence-corrected chi connectivity index (χ3v) is 5.95. The molecule has 2 aromatic carbocycles. The van der Waals surface area contributed by atoms with Crippen molar-refractivity contribution in [3.05, 3.63) is 70.8 Å². The van der Waals surface area contributed by atoms with Crippen LogP contribution in [0.3, 0.4) is 0 Å². The summed E-state index contributed by atoms with van der Waals surface area (Å²) in [5.41, 5.74) is 4.90. The average Bonchev–Trinajstić information content (AvgIpc) is 3.54. The largest absolute Gasteiger partial charge is 0.491 e. The highest BCUT2D eigenvalue weighted by Gasteiger charge is 2.14. The number of hydrogen-bond donors (Lipinski definition) is 4. The Kier molecular flexibility index (Phi) is 15.7. The molecule has 4 rings (SSSR count). The highest BCUT2D eigenvalue weighted by atomic mass is 35.5. The molecule has 4 N–H and O–H groups in total. The van der Waals surface area contributed by atoms with E-state index in [2.05, 4.69) is 74.8 Å². The van der Waals surface area contributed by atoms with E-state index >= 15 is 0 Å². The second-order valence-corrected chi connectivity index (χ2v) is 9.92. The Hall–Kier alpha value is -2.06. The fourth-order valence-electron chi connectivity index (χ4n) is 4.02. The highest BCUT2D eigenvalue weighted by molar-refractivity contribution is 5.85. The molecule has 6 nitrogen and oxygen atoms in total. The number of ether oxygens (including phenoxy) is 2. The summed E-state index contributed by atoms with van der Waals surface area (Å²) >= 11 is 0. The molecule has 0 aromatic heterocycles. The number of allylic oxidation sites excluding steroid dienone is 2. The van der Waals surface area contributed by atoms with Gasteiger partial charge in [-0.3, -0.25) is 0 Å². The maximum Gasteiger partial charge on any atom is 0.126 e. The maximum atomic E-state index is 9.80. The Bertz CT molecular complexity index is 1030. The van der Waals surface area contributed by atoms with Crippen LogP contribution in [0.4, 0.5) is 0 Å². The van der Waals surface area contributed by atoms with Crippen molar-refractivity contribution in [3.63, 3.8) is 0 Å². The van der Waals surface area contributed by atoms with Crippen LogP contribution in [0.15, 0.2) is 48.6 Å². The molecule has 0 spiro atoms. The van der Waals surface area contributed by atoms with Crippen LogP contribution >= 0.6 is 24.8 Å². The van der Waals surface area contributed by atoms with Gasteiger partial charge >= 0.3 is 0 Å². The monoisotopic (exact) mass is 566 g/mol. The fraction of sp³-hybridized carbons (Fsp3) is 0.467. The first-order valence-electron chi connectivity index (χ1n) is 13.0. The van der Waals surface area contributed by atoms with Crippen LogP contribution in [-0.4, -0.2) is 60.8 Å². The Balaban J connectivity index is 0.000000361. The quantitative estimate of drug-likeness (QED) is 0.294. The van der Waals surface area contributed by atoms with Crippen molar-refractivity contribution in [3.8, 4) is 11.5 Å². The molecule has 2 aliphatic carbocycles. The number of aliphatic hydroxyl groups is 2. The van der Waals surface area contributed by atoms with Crippen LogP contribution in [0, 0.1) is 0 Å². The van der Waals surface area contributed by atoms with Crippen LogP contribution in [-0.2, 0) is 12.8 Å². The molecule has 2 unspecified atom stereocenters. The Morgan fingerprint density at radius 3 is 1.92 bits per heavy atom. The summed E-state index contributed by atoms with van der Waals surface area (Å²) in [6, 6.07) is 12.9. The molecule has 0 fully saturated rings. The van der Waals surface area contributed by atoms with Crippen molar-refractivity contribution in [2.75, 3.05) is 26.3 Å². The summed E-state index contributed by atoms with van der Waals surface area (Å²) in [7, 11) is 0. The lowest BCUT2D eigenvalue weighted by molar-refractivity contribution is 0.104. The number of fused-ring (bicyclic) bond motifs is 2. The van der Waals surface area contributed by atoms with E-state index < -0.39 is 12.2 Å². The van der Waals surface area contributed by atoms with Crippen LogP contribution in [0.1, 0.15) is 49.9 Å². The Morgan fingerprint density at radius 1 is 0.737 bits per heavy atom. The lowest BCUT2D eigenvalue weighted by Crippen LogP contribution is -2.35. The van der Waals surface area contributed by atoms with Gasteiger partial charge in [0.15, 0.2) is 0 Å². The number of hydrogen-bond acceptors (Lipinski definition) is 6. The van der Waals surface area contributed by atoms with Crippen LogP contribution in [0.5, 0.6) is 11.5 Å². The Morgan fingerprint density at radius 2 is 1.29 bits per heavy atom. The van der Waals surface area contributed by atoms with Gasteiger partial charge in [0.2, 0.25) is 0 Å². The fourth-order valence-corrected chi connectivity index (χ4v) is 4.02. The number of nitrogens with one attached hydrogen (secondary N) is 2. The topological polar surface area (TPSA) is 83.0 Å². The van der Waals surface area contributed by atoms with Gasteiger partial charge in [-0.05, 0) is 36.1 Å². The van der Waals surface area contributed by atoms with Crippen molar-refractivity contribution in [2.45, 2.75) is 64.8 Å². The lowest BCUT2D eigenvalue weighted by atomic mass is 10.1. The summed E-state index contributed by atoms with van der Waals surface area (Å²) in [5.74, 6) is 1.76. The summed E-state index contributed by atoms with van der Waals surface area (Å²) in [4.78, 5) is 0. The van der Waals surface area contributed by atoms with Gasteiger partial charge in [-0.15, -0.1) is 24.8 Å². The second kappa shape index (κ2) is 17.5. The van der Waals surface area contributed by atoms with Gasteiger partial charge in [0.25, 0.3) is 0 Å². The van der Waals surface area contributed by atoms with Gasteiger partial charge in [0, 0.05) is 36.3 Å². The van der Waals surface area contributed by atoms with Crippen molar-refractivity contribution in [1.29, 1.82) is 0 Å². The smallest absolute Gasteiger partial charge is 0.126 e. The zero-order valence-corrected chi connectivity index (χ0v) is 24.5. The first kappa shape index (κ1) is 34.0. The zero-order chi connectivity index (χ0) is 25.9. The van der Waals surface area contributed by atoms with Crippen LogP contribution in [0.2, 0.25) is 0 Å². The molecule has 0 amide bonds. The first-order valence-corrected chi connectivity index (χ1v) is 13.0. The van der Waals surface area contributed by atoms with E-state index in [0.29, 0.717) is 38.4 Å². The van der Waals surface area contributed by atoms with E-state index in [9.17, 15) is 10.2 Å². The summed E-state index contributed by atoms with van der Waals surface area (Å²) in [6.45, 7) is 10.0. The summed E-state index contributed by atoms with van der Waals surface area (Å²) in [5, 5.41) is 26.0. The summed E-state index contributed by atoms with van der Waals surface area (Å²) < 4.78 is 11.4. The third-order valence-electron chi connectivity index (χ3n) is 5.95. The number of aliphatic hydroxyl groups excluding tert-OH is 2. The lowest BCUT2D eigenvalue weighted by Gasteiger charge is -2.16. The molecule has 0 bridgehead atoms. The van der Waals surface area contributed by atoms with Gasteiger partial charge in [0.1, 0.15) is 36.9 Å². The van der Waals surface area contributed by atoms with Crippen molar-refractivity contribution in [1.82, 2.24) is 10.6 Å². The number of rotatable bonds is 12. The Labute approximate surface area is 240 Å². The molecule has 0 radical (unpaired) electrons. The van der Waals surface area contributed by atoms with E-state index in [-0.39, 0.29) is 24.8 Å². The van der Waals surface area contributed by atoms with Gasteiger partial charge in [-0.1, -0.05) is 76.3 Å². The molecule has 2 atom stereocenters. The average molecular weight is 568 g/mol. The molecular weight excluding hydrogens is 523 g/mol. The molecule has 0 aliphatic heterocycles. The van der Waals surface area contributed by atoms with Crippen molar-refractivity contribution < 1.29 is 19.7 Å². The molecule has 0 saturated heterocycles. The predicted octanol–water partition coefficient (Wildman–Crippen LogP) is 4.83. The van der Waals surface area contributed by atoms with Gasteiger partial charge in [-0.2, -0.15) is 0 Å². The van der Waals surface area contributed by atoms with E-state index in [4.69, 9.17) is 9.47 Å². The van der Waals surface area contributed by atoms with Crippen molar-refractivity contribution >= 4 is 37.0 Å². The minimum atomic E-state index is -0.478. The predicted molar refractivity (Wildman–Crippen MR) is 162 cm³/mol. The zero-order valence-electron chi connectivity index (χ0n) is 22.9. The molecule has 38 heavy (non-hydrogen) atoms. The molecule has 0 heterocycles. The highest BCUT2D eigenvalue weighted by Crippen LogP contribution is 2.29. The number of halogens is 2. The molecule has 2 aliphatic rings.